The van der Waals surface area contributed by atoms with Crippen molar-refractivity contribution in [1.82, 2.24) is 0 Å². The molecule has 0 unspecified atom stereocenters. The van der Waals surface area contributed by atoms with Gasteiger partial charge in [-0.2, -0.15) is 0 Å². The molecule has 0 saturated heterocycles. The standard InChI is InChI=1S/C6H14O.C4H8O2.C3H8O/c1-5(2)7-6(3)4;1-3-6-4(2)5;1-3(2)4/h5-6H,1-4H3;3H2,1-2H3;3-4H,1-2H3. The van der Waals surface area contributed by atoms with E-state index in [0.717, 1.165) is 0 Å². The Labute approximate surface area is 106 Å². The molecule has 0 heterocycles. The van der Waals surface area contributed by atoms with Crippen LogP contribution in [-0.4, -0.2) is 36.0 Å². The summed E-state index contributed by atoms with van der Waals surface area (Å²) in [5.41, 5.74) is 0. The Morgan fingerprint density at radius 3 is 1.35 bits per heavy atom. The molecular formula is C13H30O4. The molecule has 0 saturated carbocycles. The van der Waals surface area contributed by atoms with E-state index < -0.39 is 0 Å². The van der Waals surface area contributed by atoms with Crippen molar-refractivity contribution < 1.29 is 19.4 Å². The molecule has 0 rings (SSSR count). The van der Waals surface area contributed by atoms with E-state index in [4.69, 9.17) is 9.84 Å². The molecule has 0 bridgehead atoms. The zero-order chi connectivity index (χ0) is 14.4. The number of hydrogen-bond donors (Lipinski definition) is 1. The molecule has 0 aliphatic rings. The molecule has 0 fully saturated rings. The molecule has 0 aromatic rings. The third-order valence-electron chi connectivity index (χ3n) is 0.892. The van der Waals surface area contributed by atoms with Crippen LogP contribution in [0.4, 0.5) is 0 Å². The fourth-order valence-electron chi connectivity index (χ4n) is 0.748. The second-order valence-electron chi connectivity index (χ2n) is 4.25. The summed E-state index contributed by atoms with van der Waals surface area (Å²) in [6.45, 7) is 15.3. The topological polar surface area (TPSA) is 55.8 Å². The number of carbonyl (C=O) groups excluding carboxylic acids is 1. The lowest BCUT2D eigenvalue weighted by Gasteiger charge is -2.09. The summed E-state index contributed by atoms with van der Waals surface area (Å²) in [7, 11) is 0. The Bertz CT molecular complexity index is 145. The first-order valence-electron chi connectivity index (χ1n) is 6.10. The number of aliphatic hydroxyl groups excluding tert-OH is 1. The van der Waals surface area contributed by atoms with Gasteiger partial charge in [-0.3, -0.25) is 4.79 Å². The van der Waals surface area contributed by atoms with Crippen molar-refractivity contribution >= 4 is 5.97 Å². The average molecular weight is 250 g/mol. The first-order valence-corrected chi connectivity index (χ1v) is 6.10. The molecule has 0 atom stereocenters. The van der Waals surface area contributed by atoms with Crippen molar-refractivity contribution in [3.05, 3.63) is 0 Å². The molecule has 0 amide bonds. The van der Waals surface area contributed by atoms with Gasteiger partial charge in [0.15, 0.2) is 0 Å². The maximum atomic E-state index is 9.82. The molecule has 0 aromatic carbocycles. The van der Waals surface area contributed by atoms with E-state index in [1.807, 2.05) is 27.7 Å². The van der Waals surface area contributed by atoms with Crippen LogP contribution < -0.4 is 0 Å². The average Bonchev–Trinajstić information content (AvgIpc) is 1.99. The summed E-state index contributed by atoms with van der Waals surface area (Å²) in [5, 5.41) is 8.06. The monoisotopic (exact) mass is 250 g/mol. The van der Waals surface area contributed by atoms with Crippen molar-refractivity contribution in [2.24, 2.45) is 0 Å². The summed E-state index contributed by atoms with van der Waals surface area (Å²) >= 11 is 0. The van der Waals surface area contributed by atoms with E-state index in [1.54, 1.807) is 20.8 Å². The molecule has 0 spiro atoms. The van der Waals surface area contributed by atoms with Crippen molar-refractivity contribution in [3.63, 3.8) is 0 Å². The molecule has 4 nitrogen and oxygen atoms in total. The van der Waals surface area contributed by atoms with Crippen molar-refractivity contribution in [2.75, 3.05) is 6.61 Å². The molecule has 0 aliphatic heterocycles. The first kappa shape index (κ1) is 21.7. The van der Waals surface area contributed by atoms with Gasteiger partial charge >= 0.3 is 5.97 Å². The van der Waals surface area contributed by atoms with Gasteiger partial charge in [0.1, 0.15) is 0 Å². The maximum Gasteiger partial charge on any atom is 0.302 e. The highest BCUT2D eigenvalue weighted by molar-refractivity contribution is 5.65. The number of esters is 1. The van der Waals surface area contributed by atoms with Crippen LogP contribution in [0.1, 0.15) is 55.4 Å². The van der Waals surface area contributed by atoms with Crippen LogP contribution in [0.3, 0.4) is 0 Å². The summed E-state index contributed by atoms with van der Waals surface area (Å²) < 4.78 is 9.65. The summed E-state index contributed by atoms with van der Waals surface area (Å²) in [5.74, 6) is -0.211. The fraction of sp³-hybridized carbons (Fsp3) is 0.923. The van der Waals surface area contributed by atoms with Crippen LogP contribution in [0.15, 0.2) is 0 Å². The normalized spacial score (nSPS) is 9.41. The minimum Gasteiger partial charge on any atom is -0.466 e. The van der Waals surface area contributed by atoms with Crippen LogP contribution >= 0.6 is 0 Å². The summed E-state index contributed by atoms with van der Waals surface area (Å²) in [4.78, 5) is 9.82. The largest absolute Gasteiger partial charge is 0.466 e. The van der Waals surface area contributed by atoms with Crippen LogP contribution in [0.25, 0.3) is 0 Å². The third-order valence-corrected chi connectivity index (χ3v) is 0.892. The van der Waals surface area contributed by atoms with Gasteiger partial charge in [-0.25, -0.2) is 0 Å². The lowest BCUT2D eigenvalue weighted by molar-refractivity contribution is -0.140. The predicted octanol–water partition coefficient (Wildman–Crippen LogP) is 2.78. The number of hydrogen-bond acceptors (Lipinski definition) is 4. The van der Waals surface area contributed by atoms with E-state index >= 15 is 0 Å². The van der Waals surface area contributed by atoms with Gasteiger partial charge in [-0.05, 0) is 48.5 Å². The van der Waals surface area contributed by atoms with Gasteiger partial charge in [0.05, 0.1) is 18.8 Å². The SMILES string of the molecule is CC(C)O.CC(C)OC(C)C.CCOC(C)=O. The molecule has 4 heteroatoms. The van der Waals surface area contributed by atoms with Crippen LogP contribution in [0.5, 0.6) is 0 Å². The van der Waals surface area contributed by atoms with E-state index in [9.17, 15) is 4.79 Å². The van der Waals surface area contributed by atoms with Gasteiger partial charge in [0, 0.05) is 13.0 Å². The first-order chi connectivity index (χ1) is 7.63. The van der Waals surface area contributed by atoms with Crippen molar-refractivity contribution in [3.8, 4) is 0 Å². The summed E-state index contributed by atoms with van der Waals surface area (Å²) in [6, 6.07) is 0. The second kappa shape index (κ2) is 15.4. The Balaban J connectivity index is -0.000000180. The van der Waals surface area contributed by atoms with Gasteiger partial charge in [0.2, 0.25) is 0 Å². The van der Waals surface area contributed by atoms with E-state index in [2.05, 4.69) is 4.74 Å². The van der Waals surface area contributed by atoms with Crippen molar-refractivity contribution in [1.29, 1.82) is 0 Å². The van der Waals surface area contributed by atoms with Gasteiger partial charge in [0.25, 0.3) is 0 Å². The second-order valence-corrected chi connectivity index (χ2v) is 4.25. The molecule has 106 valence electrons. The van der Waals surface area contributed by atoms with Crippen LogP contribution in [-0.2, 0) is 14.3 Å². The predicted molar refractivity (Wildman–Crippen MR) is 71.0 cm³/mol. The minimum atomic E-state index is -0.211. The van der Waals surface area contributed by atoms with Gasteiger partial charge in [-0.15, -0.1) is 0 Å². The molecule has 17 heavy (non-hydrogen) atoms. The highest BCUT2D eigenvalue weighted by Gasteiger charge is 1.94. The lowest BCUT2D eigenvalue weighted by atomic mass is 10.4. The fourth-order valence-corrected chi connectivity index (χ4v) is 0.748. The Morgan fingerprint density at radius 2 is 1.35 bits per heavy atom. The highest BCUT2D eigenvalue weighted by atomic mass is 16.5. The minimum absolute atomic E-state index is 0.167. The Hall–Kier alpha value is -0.610. The quantitative estimate of drug-likeness (QED) is 0.783. The van der Waals surface area contributed by atoms with Crippen LogP contribution in [0.2, 0.25) is 0 Å². The smallest absolute Gasteiger partial charge is 0.302 e. The number of rotatable bonds is 3. The van der Waals surface area contributed by atoms with E-state index in [-0.39, 0.29) is 12.1 Å². The highest BCUT2D eigenvalue weighted by Crippen LogP contribution is 1.93. The van der Waals surface area contributed by atoms with Gasteiger partial charge in [-0.1, -0.05) is 0 Å². The Kier molecular flexibility index (Phi) is 19.6. The van der Waals surface area contributed by atoms with Crippen LogP contribution in [0, 0.1) is 0 Å². The maximum absolute atomic E-state index is 9.82. The zero-order valence-corrected chi connectivity index (χ0v) is 12.6. The number of carbonyl (C=O) groups is 1. The summed E-state index contributed by atoms with van der Waals surface area (Å²) in [6.07, 6.45) is 0.583. The van der Waals surface area contributed by atoms with E-state index in [1.165, 1.54) is 6.92 Å². The van der Waals surface area contributed by atoms with Crippen molar-refractivity contribution in [2.45, 2.75) is 73.7 Å². The molecule has 1 N–H and O–H groups in total. The molecule has 0 radical (unpaired) electrons. The zero-order valence-electron chi connectivity index (χ0n) is 12.6. The van der Waals surface area contributed by atoms with Gasteiger partial charge < -0.3 is 14.6 Å². The van der Waals surface area contributed by atoms with E-state index in [0.29, 0.717) is 18.8 Å². The third kappa shape index (κ3) is 67.6. The lowest BCUT2D eigenvalue weighted by Crippen LogP contribution is -2.09. The molecule has 0 aliphatic carbocycles. The molecular weight excluding hydrogens is 220 g/mol. The number of aliphatic hydroxyl groups is 1. The molecule has 0 aromatic heterocycles. The Morgan fingerprint density at radius 1 is 1.06 bits per heavy atom. The number of ether oxygens (including phenoxy) is 2.